The van der Waals surface area contributed by atoms with Gasteiger partial charge in [-0.05, 0) is 19.1 Å². The van der Waals surface area contributed by atoms with Crippen molar-refractivity contribution < 1.29 is 9.53 Å². The highest BCUT2D eigenvalue weighted by molar-refractivity contribution is 7.98. The Balaban J connectivity index is 1.90. The number of aromatic nitrogens is 1. The number of nitrogens with zero attached hydrogens (tertiary/aromatic N) is 1. The summed E-state index contributed by atoms with van der Waals surface area (Å²) in [5, 5.41) is 3.63. The van der Waals surface area contributed by atoms with Crippen molar-refractivity contribution >= 4 is 40.7 Å². The number of benzene rings is 1. The van der Waals surface area contributed by atoms with Crippen LogP contribution >= 0.6 is 34.7 Å². The van der Waals surface area contributed by atoms with Crippen molar-refractivity contribution in [1.29, 1.82) is 0 Å². The summed E-state index contributed by atoms with van der Waals surface area (Å²) in [5.41, 5.74) is 0.767. The average molecular weight is 328 g/mol. The minimum atomic E-state index is -0.233. The number of ether oxygens (including phenoxy) is 1. The maximum atomic E-state index is 11.4. The Labute approximate surface area is 131 Å². The molecule has 3 nitrogen and oxygen atoms in total. The molecule has 0 aliphatic rings. The molecule has 0 radical (unpaired) electrons. The van der Waals surface area contributed by atoms with Crippen molar-refractivity contribution in [1.82, 2.24) is 4.98 Å². The van der Waals surface area contributed by atoms with E-state index in [-0.39, 0.29) is 12.4 Å². The first-order chi connectivity index (χ1) is 9.69. The van der Waals surface area contributed by atoms with Crippen molar-refractivity contribution in [3.05, 3.63) is 45.4 Å². The van der Waals surface area contributed by atoms with E-state index >= 15 is 0 Å². The van der Waals surface area contributed by atoms with Gasteiger partial charge in [0, 0.05) is 10.3 Å². The highest BCUT2D eigenvalue weighted by atomic mass is 35.5. The van der Waals surface area contributed by atoms with Gasteiger partial charge in [-0.25, -0.2) is 4.98 Å². The molecule has 0 atom stereocenters. The molecule has 0 aliphatic heterocycles. The number of rotatable bonds is 6. The van der Waals surface area contributed by atoms with Crippen LogP contribution in [0.2, 0.25) is 5.02 Å². The molecular formula is C14H14ClNO2S2. The largest absolute Gasteiger partial charge is 0.466 e. The number of carbonyl (C=O) groups excluding carboxylic acids is 1. The Morgan fingerprint density at radius 3 is 3.00 bits per heavy atom. The molecule has 0 N–H and O–H groups in total. The second-order valence-electron chi connectivity index (χ2n) is 3.93. The van der Waals surface area contributed by atoms with E-state index < -0.39 is 0 Å². The minimum absolute atomic E-state index is 0.233. The van der Waals surface area contributed by atoms with Crippen LogP contribution in [0.1, 0.15) is 17.6 Å². The summed E-state index contributed by atoms with van der Waals surface area (Å²) in [6.45, 7) is 2.20. The van der Waals surface area contributed by atoms with Gasteiger partial charge in [-0.1, -0.05) is 23.7 Å². The molecular weight excluding hydrogens is 314 g/mol. The van der Waals surface area contributed by atoms with E-state index in [1.807, 2.05) is 29.6 Å². The Morgan fingerprint density at radius 2 is 2.25 bits per heavy atom. The zero-order valence-corrected chi connectivity index (χ0v) is 13.4. The molecule has 20 heavy (non-hydrogen) atoms. The van der Waals surface area contributed by atoms with Crippen LogP contribution in [-0.4, -0.2) is 17.6 Å². The molecule has 2 aromatic rings. The molecule has 106 valence electrons. The van der Waals surface area contributed by atoms with Crippen LogP contribution in [0.5, 0.6) is 0 Å². The Kier molecular flexibility index (Phi) is 5.88. The van der Waals surface area contributed by atoms with Crippen LogP contribution in [0.4, 0.5) is 0 Å². The summed E-state index contributed by atoms with van der Waals surface area (Å²) in [6, 6.07) is 7.73. The predicted octanol–water partition coefficient (Wildman–Crippen LogP) is 4.19. The first-order valence-electron chi connectivity index (χ1n) is 6.15. The van der Waals surface area contributed by atoms with Gasteiger partial charge in [-0.2, -0.15) is 0 Å². The zero-order chi connectivity index (χ0) is 14.4. The third kappa shape index (κ3) is 4.51. The normalized spacial score (nSPS) is 10.5. The molecule has 1 aromatic heterocycles. The maximum Gasteiger partial charge on any atom is 0.311 e. The summed E-state index contributed by atoms with van der Waals surface area (Å²) >= 11 is 9.29. The molecule has 1 heterocycles. The first kappa shape index (κ1) is 15.4. The molecule has 2 rings (SSSR count). The van der Waals surface area contributed by atoms with Crippen molar-refractivity contribution in [2.24, 2.45) is 0 Å². The van der Waals surface area contributed by atoms with E-state index in [0.717, 1.165) is 26.4 Å². The van der Waals surface area contributed by atoms with Gasteiger partial charge in [-0.15, -0.1) is 23.1 Å². The van der Waals surface area contributed by atoms with E-state index in [9.17, 15) is 4.79 Å². The third-order valence-electron chi connectivity index (χ3n) is 2.42. The topological polar surface area (TPSA) is 39.2 Å². The molecule has 0 saturated heterocycles. The Bertz CT molecular complexity index is 586. The quantitative estimate of drug-likeness (QED) is 0.589. The number of thiazole rings is 1. The lowest BCUT2D eigenvalue weighted by molar-refractivity contribution is -0.142. The van der Waals surface area contributed by atoms with Crippen LogP contribution in [0.3, 0.4) is 0 Å². The lowest BCUT2D eigenvalue weighted by atomic mass is 10.3. The zero-order valence-electron chi connectivity index (χ0n) is 11.0. The van der Waals surface area contributed by atoms with Gasteiger partial charge in [0.05, 0.1) is 29.5 Å². The SMILES string of the molecule is CCOC(=O)Cc1csc(CSc2ccccc2Cl)n1. The van der Waals surface area contributed by atoms with Crippen LogP contribution in [0, 0.1) is 0 Å². The van der Waals surface area contributed by atoms with Gasteiger partial charge in [0.25, 0.3) is 0 Å². The van der Waals surface area contributed by atoms with Gasteiger partial charge < -0.3 is 4.74 Å². The van der Waals surface area contributed by atoms with Gasteiger partial charge in [0.2, 0.25) is 0 Å². The van der Waals surface area contributed by atoms with Crippen LogP contribution < -0.4 is 0 Å². The monoisotopic (exact) mass is 327 g/mol. The molecule has 1 aromatic carbocycles. The lowest BCUT2D eigenvalue weighted by Gasteiger charge is -2.01. The number of esters is 1. The fourth-order valence-corrected chi connectivity index (χ4v) is 3.61. The molecule has 0 amide bonds. The summed E-state index contributed by atoms with van der Waals surface area (Å²) in [6.07, 6.45) is 0.237. The number of hydrogen-bond donors (Lipinski definition) is 0. The Hall–Kier alpha value is -1.04. The molecule has 0 unspecified atom stereocenters. The number of halogens is 1. The average Bonchev–Trinajstić information content (AvgIpc) is 2.85. The lowest BCUT2D eigenvalue weighted by Crippen LogP contribution is -2.07. The summed E-state index contributed by atoms with van der Waals surface area (Å²) in [5.74, 6) is 0.514. The first-order valence-corrected chi connectivity index (χ1v) is 8.39. The molecule has 0 spiro atoms. The van der Waals surface area contributed by atoms with Crippen molar-refractivity contribution in [3.8, 4) is 0 Å². The van der Waals surface area contributed by atoms with Gasteiger partial charge in [0.15, 0.2) is 0 Å². The Morgan fingerprint density at radius 1 is 1.45 bits per heavy atom. The molecule has 6 heteroatoms. The fraction of sp³-hybridized carbons (Fsp3) is 0.286. The molecule has 0 aliphatic carbocycles. The number of thioether (sulfide) groups is 1. The molecule has 0 fully saturated rings. The highest BCUT2D eigenvalue weighted by Gasteiger charge is 2.09. The summed E-state index contributed by atoms with van der Waals surface area (Å²) < 4.78 is 4.90. The van der Waals surface area contributed by atoms with Crippen LogP contribution in [-0.2, 0) is 21.7 Å². The number of carbonyl (C=O) groups is 1. The van der Waals surface area contributed by atoms with E-state index in [1.54, 1.807) is 30.0 Å². The second-order valence-corrected chi connectivity index (χ2v) is 6.30. The van der Waals surface area contributed by atoms with E-state index in [2.05, 4.69) is 4.98 Å². The van der Waals surface area contributed by atoms with Crippen molar-refractivity contribution in [2.45, 2.75) is 24.0 Å². The van der Waals surface area contributed by atoms with E-state index in [1.165, 1.54) is 0 Å². The second kappa shape index (κ2) is 7.67. The third-order valence-corrected chi connectivity index (χ3v) is 5.02. The molecule has 0 bridgehead atoms. The summed E-state index contributed by atoms with van der Waals surface area (Å²) in [4.78, 5) is 16.8. The molecule has 0 saturated carbocycles. The maximum absolute atomic E-state index is 11.4. The highest BCUT2D eigenvalue weighted by Crippen LogP contribution is 2.30. The summed E-state index contributed by atoms with van der Waals surface area (Å²) in [7, 11) is 0. The standard InChI is InChI=1S/C14H14ClNO2S2/c1-2-18-14(17)7-10-8-20-13(16-10)9-19-12-6-4-3-5-11(12)15/h3-6,8H,2,7,9H2,1H3. The smallest absolute Gasteiger partial charge is 0.311 e. The minimum Gasteiger partial charge on any atom is -0.466 e. The predicted molar refractivity (Wildman–Crippen MR) is 83.5 cm³/mol. The van der Waals surface area contributed by atoms with Crippen LogP contribution in [0.25, 0.3) is 0 Å². The van der Waals surface area contributed by atoms with E-state index in [4.69, 9.17) is 16.3 Å². The van der Waals surface area contributed by atoms with Crippen molar-refractivity contribution in [3.63, 3.8) is 0 Å². The van der Waals surface area contributed by atoms with E-state index in [0.29, 0.717) is 6.61 Å². The van der Waals surface area contributed by atoms with Crippen molar-refractivity contribution in [2.75, 3.05) is 6.61 Å². The number of hydrogen-bond acceptors (Lipinski definition) is 5. The van der Waals surface area contributed by atoms with Crippen LogP contribution in [0.15, 0.2) is 34.5 Å². The van der Waals surface area contributed by atoms with Gasteiger partial charge >= 0.3 is 5.97 Å². The van der Waals surface area contributed by atoms with Gasteiger partial charge in [-0.3, -0.25) is 4.79 Å². The van der Waals surface area contributed by atoms with Gasteiger partial charge in [0.1, 0.15) is 5.01 Å². The fourth-order valence-electron chi connectivity index (χ4n) is 1.56.